The summed E-state index contributed by atoms with van der Waals surface area (Å²) in [6.07, 6.45) is -17.7. The molecule has 2 fully saturated rings. The summed E-state index contributed by atoms with van der Waals surface area (Å²) >= 11 is 0. The Morgan fingerprint density at radius 2 is 1.27 bits per heavy atom. The minimum Gasteiger partial charge on any atom is -0.439 e. The van der Waals surface area contributed by atoms with Crippen molar-refractivity contribution < 1.29 is 58.4 Å². The molecule has 1 amide bonds. The van der Waals surface area contributed by atoms with Crippen LogP contribution < -0.4 is 5.46 Å². The van der Waals surface area contributed by atoms with Gasteiger partial charge in [0, 0.05) is 6.54 Å². The van der Waals surface area contributed by atoms with Gasteiger partial charge in [-0.3, -0.25) is 4.90 Å². The SMILES string of the molecule is CC1C(c2cc(C(F)(F)F)cc(C(F)(F)F)c2)OC(=O)N1Cc1cc(C(F)(F)F)ccc1B1OC(C)(C)C(C)(C)O1. The maximum absolute atomic E-state index is 13.6. The summed E-state index contributed by atoms with van der Waals surface area (Å²) in [4.78, 5) is 13.8. The summed E-state index contributed by atoms with van der Waals surface area (Å²) in [7, 11) is -1.13. The van der Waals surface area contributed by atoms with Crippen molar-refractivity contribution >= 4 is 18.7 Å². The van der Waals surface area contributed by atoms with Gasteiger partial charge in [0.1, 0.15) is 6.10 Å². The molecule has 0 spiro atoms. The van der Waals surface area contributed by atoms with Gasteiger partial charge in [-0.15, -0.1) is 0 Å². The first-order valence-electron chi connectivity index (χ1n) is 12.3. The molecule has 4 rings (SSSR count). The fraction of sp³-hybridized carbons (Fsp3) is 0.500. The highest BCUT2D eigenvalue weighted by atomic mass is 19.4. The van der Waals surface area contributed by atoms with E-state index in [0.717, 1.165) is 23.1 Å². The smallest absolute Gasteiger partial charge is 0.439 e. The number of carbonyl (C=O) groups excluding carboxylic acids is 1. The van der Waals surface area contributed by atoms with Crippen molar-refractivity contribution in [3.05, 3.63) is 64.2 Å². The molecule has 0 bridgehead atoms. The van der Waals surface area contributed by atoms with Gasteiger partial charge in [0.05, 0.1) is 33.9 Å². The number of rotatable bonds is 4. The summed E-state index contributed by atoms with van der Waals surface area (Å²) in [5.74, 6) is 0. The van der Waals surface area contributed by atoms with Crippen LogP contribution in [-0.4, -0.2) is 35.4 Å². The molecule has 0 saturated carbocycles. The molecule has 5 nitrogen and oxygen atoms in total. The number of carbonyl (C=O) groups is 1. The largest absolute Gasteiger partial charge is 0.495 e. The summed E-state index contributed by atoms with van der Waals surface area (Å²) in [6.45, 7) is 7.70. The molecule has 41 heavy (non-hydrogen) atoms. The fourth-order valence-corrected chi connectivity index (χ4v) is 4.61. The van der Waals surface area contributed by atoms with Crippen molar-refractivity contribution in [2.45, 2.75) is 83.0 Å². The van der Waals surface area contributed by atoms with Crippen molar-refractivity contribution in [1.29, 1.82) is 0 Å². The highest BCUT2D eigenvalue weighted by Crippen LogP contribution is 2.42. The van der Waals surface area contributed by atoms with Gasteiger partial charge >= 0.3 is 31.7 Å². The van der Waals surface area contributed by atoms with Gasteiger partial charge < -0.3 is 14.0 Å². The molecule has 2 unspecified atom stereocenters. The van der Waals surface area contributed by atoms with Crippen LogP contribution in [0.2, 0.25) is 0 Å². The van der Waals surface area contributed by atoms with Crippen LogP contribution in [0.4, 0.5) is 44.3 Å². The zero-order valence-electron chi connectivity index (χ0n) is 22.4. The van der Waals surface area contributed by atoms with Gasteiger partial charge in [-0.1, -0.05) is 12.1 Å². The van der Waals surface area contributed by atoms with Crippen LogP contribution in [0.3, 0.4) is 0 Å². The summed E-state index contributed by atoms with van der Waals surface area (Å²) in [5.41, 5.74) is -6.40. The van der Waals surface area contributed by atoms with E-state index in [0.29, 0.717) is 12.1 Å². The molecule has 2 saturated heterocycles. The first-order chi connectivity index (χ1) is 18.5. The number of ether oxygens (including phenoxy) is 1. The van der Waals surface area contributed by atoms with Crippen molar-refractivity contribution in [3.8, 4) is 0 Å². The van der Waals surface area contributed by atoms with E-state index in [1.807, 2.05) is 0 Å². The van der Waals surface area contributed by atoms with E-state index in [4.69, 9.17) is 14.0 Å². The van der Waals surface area contributed by atoms with Gasteiger partial charge in [-0.2, -0.15) is 39.5 Å². The number of halogens is 9. The van der Waals surface area contributed by atoms with Gasteiger partial charge in [0.15, 0.2) is 0 Å². The minimum absolute atomic E-state index is 0.0530. The molecule has 15 heteroatoms. The van der Waals surface area contributed by atoms with E-state index in [1.54, 1.807) is 27.7 Å². The Morgan fingerprint density at radius 3 is 1.73 bits per heavy atom. The average molecular weight is 597 g/mol. The van der Waals surface area contributed by atoms with Crippen LogP contribution >= 0.6 is 0 Å². The van der Waals surface area contributed by atoms with Crippen LogP contribution in [0.25, 0.3) is 0 Å². The number of benzene rings is 2. The van der Waals surface area contributed by atoms with Gasteiger partial charge in [-0.25, -0.2) is 4.79 Å². The second-order valence-corrected chi connectivity index (χ2v) is 11.0. The van der Waals surface area contributed by atoms with E-state index in [2.05, 4.69) is 0 Å². The normalized spacial score (nSPS) is 22.8. The van der Waals surface area contributed by atoms with Crippen LogP contribution in [0.15, 0.2) is 36.4 Å². The average Bonchev–Trinajstić information content (AvgIpc) is 3.21. The summed E-state index contributed by atoms with van der Waals surface area (Å²) in [6, 6.07) is 2.45. The van der Waals surface area contributed by atoms with Crippen molar-refractivity contribution in [2.24, 2.45) is 0 Å². The second kappa shape index (κ2) is 9.82. The van der Waals surface area contributed by atoms with Crippen molar-refractivity contribution in [1.82, 2.24) is 4.90 Å². The molecule has 2 aromatic rings. The Morgan fingerprint density at radius 1 is 0.780 bits per heavy atom. The summed E-state index contributed by atoms with van der Waals surface area (Å²) in [5, 5.41) is 0. The number of amides is 1. The molecule has 0 aliphatic carbocycles. The predicted octanol–water partition coefficient (Wildman–Crippen LogP) is 7.12. The van der Waals surface area contributed by atoms with Crippen LogP contribution in [0, 0.1) is 0 Å². The standard InChI is InChI=1S/C26H25BF9NO4/c1-13-20(14-8-17(25(31,32)33)11-18(9-14)26(34,35)36)39-21(38)37(13)12-15-10-16(24(28,29)30)6-7-19(15)27-40-22(2,3)23(4,5)41-27/h6-11,13,20H,12H2,1-5H3. The lowest BCUT2D eigenvalue weighted by Crippen LogP contribution is -2.41. The van der Waals surface area contributed by atoms with E-state index in [9.17, 15) is 44.3 Å². The maximum Gasteiger partial charge on any atom is 0.495 e. The molecule has 2 atom stereocenters. The molecular weight excluding hydrogens is 572 g/mol. The number of alkyl halides is 9. The molecule has 0 aromatic heterocycles. The predicted molar refractivity (Wildman–Crippen MR) is 128 cm³/mol. The number of hydrogen-bond donors (Lipinski definition) is 0. The Balaban J connectivity index is 1.72. The number of cyclic esters (lactones) is 1. The Kier molecular flexibility index (Phi) is 7.43. The molecule has 224 valence electrons. The monoisotopic (exact) mass is 597 g/mol. The topological polar surface area (TPSA) is 48.0 Å². The van der Waals surface area contributed by atoms with E-state index >= 15 is 0 Å². The lowest BCUT2D eigenvalue weighted by molar-refractivity contribution is -0.143. The first kappa shape index (κ1) is 31.0. The third kappa shape index (κ3) is 6.01. The van der Waals surface area contributed by atoms with E-state index in [1.165, 1.54) is 6.92 Å². The highest BCUT2D eigenvalue weighted by Gasteiger charge is 2.53. The van der Waals surface area contributed by atoms with Gasteiger partial charge in [0.25, 0.3) is 0 Å². The molecule has 2 aliphatic heterocycles. The molecule has 2 aromatic carbocycles. The molecular formula is C26H25BF9NO4. The lowest BCUT2D eigenvalue weighted by atomic mass is 9.75. The summed E-state index contributed by atoms with van der Waals surface area (Å²) < 4.78 is 138. The zero-order valence-corrected chi connectivity index (χ0v) is 22.4. The minimum atomic E-state index is -5.13. The highest BCUT2D eigenvalue weighted by molar-refractivity contribution is 6.62. The molecule has 0 radical (unpaired) electrons. The Bertz CT molecular complexity index is 1290. The Hall–Kier alpha value is -2.94. The van der Waals surface area contributed by atoms with E-state index < -0.39 is 83.9 Å². The third-order valence-electron chi connectivity index (χ3n) is 7.65. The van der Waals surface area contributed by atoms with E-state index in [-0.39, 0.29) is 17.1 Å². The quantitative estimate of drug-likeness (QED) is 0.278. The van der Waals surface area contributed by atoms with Gasteiger partial charge in [-0.05, 0) is 75.5 Å². The fourth-order valence-electron chi connectivity index (χ4n) is 4.61. The number of nitrogens with zero attached hydrogens (tertiary/aromatic N) is 1. The zero-order chi connectivity index (χ0) is 30.9. The Labute approximate surface area is 229 Å². The second-order valence-electron chi connectivity index (χ2n) is 11.0. The van der Waals surface area contributed by atoms with Crippen molar-refractivity contribution in [2.75, 3.05) is 0 Å². The van der Waals surface area contributed by atoms with Crippen molar-refractivity contribution in [3.63, 3.8) is 0 Å². The van der Waals surface area contributed by atoms with Crippen LogP contribution in [-0.2, 0) is 39.1 Å². The van der Waals surface area contributed by atoms with Crippen LogP contribution in [0.5, 0.6) is 0 Å². The third-order valence-corrected chi connectivity index (χ3v) is 7.65. The van der Waals surface area contributed by atoms with Crippen LogP contribution in [0.1, 0.15) is 68.5 Å². The maximum atomic E-state index is 13.6. The first-order valence-corrected chi connectivity index (χ1v) is 12.3. The van der Waals surface area contributed by atoms with Gasteiger partial charge in [0.2, 0.25) is 0 Å². The molecule has 0 N–H and O–H groups in total. The number of hydrogen-bond acceptors (Lipinski definition) is 4. The molecule has 2 aliphatic rings. The lowest BCUT2D eigenvalue weighted by Gasteiger charge is -2.32. The molecule has 2 heterocycles.